The van der Waals surface area contributed by atoms with E-state index in [2.05, 4.69) is 59.0 Å². The number of nitrogens with zero attached hydrogens (tertiary/aromatic N) is 8. The van der Waals surface area contributed by atoms with Crippen molar-refractivity contribution in [1.82, 2.24) is 39.0 Å². The highest BCUT2D eigenvalue weighted by Crippen LogP contribution is 2.24. The molecular formula is C46H45ClN12O6. The highest BCUT2D eigenvalue weighted by Gasteiger charge is 2.12. The number of methoxy groups -OCH3 is 2. The number of hydrogen-bond donors (Lipinski definition) is 4. The molecule has 4 aromatic carbocycles. The van der Waals surface area contributed by atoms with Crippen LogP contribution in [0.25, 0.3) is 33.7 Å². The Morgan fingerprint density at radius 1 is 0.646 bits per heavy atom. The maximum absolute atomic E-state index is 11.6. The van der Waals surface area contributed by atoms with Gasteiger partial charge in [-0.25, -0.2) is 19.9 Å². The lowest BCUT2D eigenvalue weighted by Crippen LogP contribution is -2.07. The minimum absolute atomic E-state index is 0.276. The average molecular weight is 897 g/mol. The van der Waals surface area contributed by atoms with Crippen molar-refractivity contribution in [3.05, 3.63) is 147 Å². The first kappa shape index (κ1) is 46.3. The van der Waals surface area contributed by atoms with E-state index in [4.69, 9.17) is 36.3 Å². The Morgan fingerprint density at radius 2 is 1.12 bits per heavy atom. The van der Waals surface area contributed by atoms with Crippen molar-refractivity contribution < 1.29 is 28.5 Å². The Hall–Kier alpha value is -8.19. The van der Waals surface area contributed by atoms with Crippen molar-refractivity contribution in [2.45, 2.75) is 0 Å². The van der Waals surface area contributed by atoms with Gasteiger partial charge in [0.05, 0.1) is 37.0 Å². The molecule has 19 heteroatoms. The number of halogens is 1. The third-order valence-electron chi connectivity index (χ3n) is 8.80. The predicted molar refractivity (Wildman–Crippen MR) is 252 cm³/mol. The van der Waals surface area contributed by atoms with Crippen LogP contribution in [0.3, 0.4) is 0 Å². The number of nitrogens with two attached hydrogens (primary N) is 1. The molecule has 0 saturated heterocycles. The number of anilines is 6. The monoisotopic (exact) mass is 896 g/mol. The third kappa shape index (κ3) is 13.4. The van der Waals surface area contributed by atoms with E-state index in [9.17, 15) is 9.59 Å². The Kier molecular flexibility index (Phi) is 16.6. The van der Waals surface area contributed by atoms with Gasteiger partial charge in [-0.3, -0.25) is 18.7 Å². The molecule has 4 aromatic heterocycles. The first-order chi connectivity index (χ1) is 31.7. The largest absolute Gasteiger partial charge is 0.491 e. The molecule has 0 aliphatic rings. The smallest absolute Gasteiger partial charge is 0.247 e. The molecule has 65 heavy (non-hydrogen) atoms. The zero-order valence-electron chi connectivity index (χ0n) is 35.4. The molecule has 1 amide bonds. The molecule has 8 rings (SSSR count). The Morgan fingerprint density at radius 3 is 1.57 bits per heavy atom. The van der Waals surface area contributed by atoms with E-state index >= 15 is 0 Å². The number of hydrogen-bond acceptors (Lipinski definition) is 15. The zero-order valence-corrected chi connectivity index (χ0v) is 36.2. The second-order valence-electron chi connectivity index (χ2n) is 13.4. The average Bonchev–Trinajstić information content (AvgIpc) is 3.95. The molecule has 0 aliphatic carbocycles. The molecule has 0 bridgehead atoms. The SMILES string of the molecule is C=CC(=O)Cl.C=CC(=O)Nc1cccc(-n2cnc3cnc(Nc4ccc(OCCOC)cc4)nc32)c1.COCCOc1ccc(Nc2ncc3ncn(-c4cccc(N)c4)c3n2)cc1. The second-order valence-corrected chi connectivity index (χ2v) is 13.7. The summed E-state index contributed by atoms with van der Waals surface area (Å²) in [6, 6.07) is 30.0. The number of amides is 1. The lowest BCUT2D eigenvalue weighted by molar-refractivity contribution is -0.112. The van der Waals surface area contributed by atoms with Crippen LogP contribution >= 0.6 is 11.6 Å². The van der Waals surface area contributed by atoms with Crippen LogP contribution in [0.4, 0.5) is 34.6 Å². The molecule has 332 valence electrons. The second kappa shape index (κ2) is 23.3. The molecule has 0 atom stereocenters. The molecule has 0 radical (unpaired) electrons. The van der Waals surface area contributed by atoms with E-state index < -0.39 is 5.24 Å². The van der Waals surface area contributed by atoms with Crippen molar-refractivity contribution in [2.75, 3.05) is 62.3 Å². The Labute approximate surface area is 378 Å². The molecule has 0 saturated carbocycles. The summed E-state index contributed by atoms with van der Waals surface area (Å²) >= 11 is 4.71. The number of imidazole rings is 2. The summed E-state index contributed by atoms with van der Waals surface area (Å²) in [5.74, 6) is 2.17. The number of nitrogens with one attached hydrogen (secondary N) is 3. The van der Waals surface area contributed by atoms with Crippen LogP contribution in [0.5, 0.6) is 11.5 Å². The van der Waals surface area contributed by atoms with Crippen LogP contribution in [0.15, 0.2) is 147 Å². The van der Waals surface area contributed by atoms with Crippen LogP contribution < -0.4 is 31.2 Å². The number of fused-ring (bicyclic) bond motifs is 2. The van der Waals surface area contributed by atoms with Crippen molar-refractivity contribution in [1.29, 1.82) is 0 Å². The van der Waals surface area contributed by atoms with E-state index in [0.29, 0.717) is 72.0 Å². The van der Waals surface area contributed by atoms with E-state index in [1.165, 1.54) is 6.08 Å². The minimum Gasteiger partial charge on any atom is -0.491 e. The Bertz CT molecular complexity index is 2850. The first-order valence-electron chi connectivity index (χ1n) is 19.8. The van der Waals surface area contributed by atoms with Gasteiger partial charge in [0.25, 0.3) is 0 Å². The zero-order chi connectivity index (χ0) is 46.0. The number of aromatic nitrogens is 8. The predicted octanol–water partition coefficient (Wildman–Crippen LogP) is 7.81. The summed E-state index contributed by atoms with van der Waals surface area (Å²) in [5, 5.41) is 8.64. The number of nitrogen functional groups attached to an aromatic ring is 1. The molecule has 4 heterocycles. The van der Waals surface area contributed by atoms with Crippen molar-refractivity contribution in [3.8, 4) is 22.9 Å². The molecule has 5 N–H and O–H groups in total. The molecule has 8 aromatic rings. The van der Waals surface area contributed by atoms with Gasteiger partial charge in [0.1, 0.15) is 48.4 Å². The van der Waals surface area contributed by atoms with Gasteiger partial charge < -0.3 is 40.6 Å². The number of carbonyl (C=O) groups excluding carboxylic acids is 2. The van der Waals surface area contributed by atoms with E-state index in [1.54, 1.807) is 45.3 Å². The fourth-order valence-corrected chi connectivity index (χ4v) is 5.73. The van der Waals surface area contributed by atoms with Crippen molar-refractivity contribution in [2.24, 2.45) is 0 Å². The van der Waals surface area contributed by atoms with Gasteiger partial charge in [-0.05, 0) is 109 Å². The molecule has 0 unspecified atom stereocenters. The molecular weight excluding hydrogens is 852 g/mol. The summed E-state index contributed by atoms with van der Waals surface area (Å²) in [4.78, 5) is 47.7. The molecule has 0 spiro atoms. The number of benzene rings is 4. The van der Waals surface area contributed by atoms with Gasteiger partial charge in [0.15, 0.2) is 11.3 Å². The van der Waals surface area contributed by atoms with Gasteiger partial charge in [0.2, 0.25) is 23.0 Å². The fourth-order valence-electron chi connectivity index (χ4n) is 5.73. The highest BCUT2D eigenvalue weighted by atomic mass is 35.5. The van der Waals surface area contributed by atoms with Gasteiger partial charge >= 0.3 is 0 Å². The summed E-state index contributed by atoms with van der Waals surface area (Å²) < 4.78 is 24.8. The minimum atomic E-state index is -0.509. The maximum atomic E-state index is 11.6. The number of rotatable bonds is 17. The third-order valence-corrected chi connectivity index (χ3v) is 8.95. The molecule has 0 fully saturated rings. The van der Waals surface area contributed by atoms with Crippen LogP contribution in [-0.2, 0) is 19.1 Å². The van der Waals surface area contributed by atoms with Crippen LogP contribution in [-0.4, -0.2) is 90.8 Å². The van der Waals surface area contributed by atoms with Gasteiger partial charge in [-0.2, -0.15) is 9.97 Å². The first-order valence-corrected chi connectivity index (χ1v) is 20.1. The standard InChI is InChI=1S/C23H22N6O3.C20H20N6O2.C3H3ClO/c1-3-21(30)26-17-5-4-6-18(13-17)29-15-25-20-14-24-23(28-22(20)29)27-16-7-9-19(10-8-16)32-12-11-31-2;1-27-9-10-28-17-7-5-15(6-8-17)24-20-22-12-18-19(25-20)26(13-23-18)16-4-2-3-14(21)11-16;1-2-3(4)5/h3-10,13-15H,1,11-12H2,2H3,(H,26,30)(H,24,27,28);2-8,11-13H,9-10,21H2,1H3,(H,22,24,25);2H,1H2. The summed E-state index contributed by atoms with van der Waals surface area (Å²) in [6.07, 6.45) is 9.00. The van der Waals surface area contributed by atoms with E-state index in [0.717, 1.165) is 40.3 Å². The summed E-state index contributed by atoms with van der Waals surface area (Å²) in [5.41, 5.74) is 13.3. The lowest BCUT2D eigenvalue weighted by atomic mass is 10.2. The highest BCUT2D eigenvalue weighted by molar-refractivity contribution is 6.66. The maximum Gasteiger partial charge on any atom is 0.247 e. The molecule has 0 aliphatic heterocycles. The molecule has 18 nitrogen and oxygen atoms in total. The van der Waals surface area contributed by atoms with E-state index in [1.807, 2.05) is 100 Å². The van der Waals surface area contributed by atoms with Gasteiger partial charge in [0, 0.05) is 37.0 Å². The van der Waals surface area contributed by atoms with Crippen molar-refractivity contribution >= 4 is 79.7 Å². The number of carbonyl (C=O) groups is 2. The fraction of sp³-hybridized carbons (Fsp3) is 0.130. The van der Waals surface area contributed by atoms with E-state index in [-0.39, 0.29) is 5.91 Å². The van der Waals surface area contributed by atoms with Gasteiger partial charge in [-0.15, -0.1) is 0 Å². The van der Waals surface area contributed by atoms with Gasteiger partial charge in [-0.1, -0.05) is 25.3 Å². The quantitative estimate of drug-likeness (QED) is 0.0296. The summed E-state index contributed by atoms with van der Waals surface area (Å²) in [7, 11) is 3.28. The van der Waals surface area contributed by atoms with Crippen molar-refractivity contribution in [3.63, 3.8) is 0 Å². The topological polar surface area (TPSA) is 220 Å². The van der Waals surface area contributed by atoms with Crippen LogP contribution in [0, 0.1) is 0 Å². The van der Waals surface area contributed by atoms with Crippen LogP contribution in [0.2, 0.25) is 0 Å². The number of allylic oxidation sites excluding steroid dienone is 1. The normalized spacial score (nSPS) is 10.4. The Balaban J connectivity index is 0.000000197. The summed E-state index contributed by atoms with van der Waals surface area (Å²) in [6.45, 7) is 8.64. The lowest BCUT2D eigenvalue weighted by Gasteiger charge is -2.09. The van der Waals surface area contributed by atoms with Crippen LogP contribution in [0.1, 0.15) is 0 Å². The number of ether oxygens (including phenoxy) is 4.